The molecule has 0 aliphatic rings. The standard InChI is InChI=1S/C14H21ClO3S/c1-5-12(6-2)9-18-13-7-11(4)14(8-10(13)3)19(15,16)17/h7-8,12H,5-6,9H2,1-4H3. The highest BCUT2D eigenvalue weighted by molar-refractivity contribution is 8.13. The molecule has 0 unspecified atom stereocenters. The van der Waals surface area contributed by atoms with Gasteiger partial charge in [0.2, 0.25) is 0 Å². The fourth-order valence-electron chi connectivity index (χ4n) is 1.91. The fourth-order valence-corrected chi connectivity index (χ4v) is 3.17. The van der Waals surface area contributed by atoms with Gasteiger partial charge in [-0.25, -0.2) is 8.42 Å². The molecule has 0 aliphatic carbocycles. The van der Waals surface area contributed by atoms with Gasteiger partial charge in [-0.05, 0) is 43.0 Å². The van der Waals surface area contributed by atoms with Crippen molar-refractivity contribution in [2.75, 3.05) is 6.61 Å². The van der Waals surface area contributed by atoms with Crippen molar-refractivity contribution in [3.63, 3.8) is 0 Å². The zero-order valence-electron chi connectivity index (χ0n) is 11.9. The van der Waals surface area contributed by atoms with Crippen LogP contribution in [0.3, 0.4) is 0 Å². The van der Waals surface area contributed by atoms with E-state index in [2.05, 4.69) is 13.8 Å². The Labute approximate surface area is 120 Å². The molecule has 1 rings (SSSR count). The number of aryl methyl sites for hydroxylation is 2. The predicted octanol–water partition coefficient (Wildman–Crippen LogP) is 4.05. The van der Waals surface area contributed by atoms with Crippen LogP contribution in [0.25, 0.3) is 0 Å². The second-order valence-electron chi connectivity index (χ2n) is 4.81. The predicted molar refractivity (Wildman–Crippen MR) is 78.5 cm³/mol. The van der Waals surface area contributed by atoms with Crippen molar-refractivity contribution >= 4 is 19.7 Å². The van der Waals surface area contributed by atoms with E-state index in [1.54, 1.807) is 19.1 Å². The molecule has 1 aromatic rings. The lowest BCUT2D eigenvalue weighted by molar-refractivity contribution is 0.239. The highest BCUT2D eigenvalue weighted by Gasteiger charge is 2.16. The minimum atomic E-state index is -3.70. The monoisotopic (exact) mass is 304 g/mol. The van der Waals surface area contributed by atoms with Gasteiger partial charge in [-0.3, -0.25) is 0 Å². The highest BCUT2D eigenvalue weighted by Crippen LogP contribution is 2.28. The number of benzene rings is 1. The summed E-state index contributed by atoms with van der Waals surface area (Å²) in [5, 5.41) is 0. The highest BCUT2D eigenvalue weighted by atomic mass is 35.7. The van der Waals surface area contributed by atoms with Gasteiger partial charge in [0.1, 0.15) is 5.75 Å². The molecule has 19 heavy (non-hydrogen) atoms. The van der Waals surface area contributed by atoms with Crippen molar-refractivity contribution in [1.82, 2.24) is 0 Å². The molecule has 1 aromatic carbocycles. The Hall–Kier alpha value is -0.740. The van der Waals surface area contributed by atoms with Crippen molar-refractivity contribution < 1.29 is 13.2 Å². The van der Waals surface area contributed by atoms with E-state index in [1.807, 2.05) is 6.92 Å². The van der Waals surface area contributed by atoms with Gasteiger partial charge in [-0.15, -0.1) is 0 Å². The average molecular weight is 305 g/mol. The van der Waals surface area contributed by atoms with Crippen LogP contribution in [0.15, 0.2) is 17.0 Å². The van der Waals surface area contributed by atoms with Gasteiger partial charge in [-0.2, -0.15) is 0 Å². The number of ether oxygens (including phenoxy) is 1. The van der Waals surface area contributed by atoms with Crippen LogP contribution in [-0.4, -0.2) is 15.0 Å². The average Bonchev–Trinajstić information content (AvgIpc) is 2.32. The van der Waals surface area contributed by atoms with E-state index in [1.165, 1.54) is 0 Å². The topological polar surface area (TPSA) is 43.4 Å². The molecular formula is C14H21ClO3S. The third-order valence-electron chi connectivity index (χ3n) is 3.36. The summed E-state index contributed by atoms with van der Waals surface area (Å²) in [6.07, 6.45) is 2.14. The summed E-state index contributed by atoms with van der Waals surface area (Å²) in [6.45, 7) is 8.48. The number of hydrogen-bond donors (Lipinski definition) is 0. The zero-order valence-corrected chi connectivity index (χ0v) is 13.4. The van der Waals surface area contributed by atoms with Crippen molar-refractivity contribution in [2.24, 2.45) is 5.92 Å². The molecule has 0 bridgehead atoms. The van der Waals surface area contributed by atoms with Crippen LogP contribution >= 0.6 is 10.7 Å². The quantitative estimate of drug-likeness (QED) is 0.745. The molecule has 0 aliphatic heterocycles. The van der Waals surface area contributed by atoms with E-state index >= 15 is 0 Å². The third-order valence-corrected chi connectivity index (χ3v) is 4.83. The molecule has 0 saturated carbocycles. The van der Waals surface area contributed by atoms with Gasteiger partial charge in [0.05, 0.1) is 11.5 Å². The zero-order chi connectivity index (χ0) is 14.6. The van der Waals surface area contributed by atoms with Crippen LogP contribution in [0.4, 0.5) is 0 Å². The van der Waals surface area contributed by atoms with Crippen LogP contribution in [-0.2, 0) is 9.05 Å². The molecule has 3 nitrogen and oxygen atoms in total. The Balaban J connectivity index is 2.97. The molecule has 0 spiro atoms. The van der Waals surface area contributed by atoms with E-state index in [9.17, 15) is 8.42 Å². The van der Waals surface area contributed by atoms with Crippen molar-refractivity contribution in [1.29, 1.82) is 0 Å². The van der Waals surface area contributed by atoms with E-state index in [0.29, 0.717) is 18.1 Å². The van der Waals surface area contributed by atoms with Gasteiger partial charge in [-0.1, -0.05) is 26.7 Å². The lowest BCUT2D eigenvalue weighted by Gasteiger charge is -2.16. The van der Waals surface area contributed by atoms with Gasteiger partial charge >= 0.3 is 0 Å². The second-order valence-corrected chi connectivity index (χ2v) is 7.35. The van der Waals surface area contributed by atoms with E-state index < -0.39 is 9.05 Å². The smallest absolute Gasteiger partial charge is 0.261 e. The van der Waals surface area contributed by atoms with Crippen LogP contribution in [0.2, 0.25) is 0 Å². The largest absolute Gasteiger partial charge is 0.493 e. The molecular weight excluding hydrogens is 284 g/mol. The normalized spacial score (nSPS) is 11.9. The molecule has 0 aromatic heterocycles. The molecule has 0 radical (unpaired) electrons. The van der Waals surface area contributed by atoms with Crippen molar-refractivity contribution in [3.05, 3.63) is 23.3 Å². The van der Waals surface area contributed by atoms with Crippen LogP contribution in [0.5, 0.6) is 5.75 Å². The van der Waals surface area contributed by atoms with Crippen molar-refractivity contribution in [2.45, 2.75) is 45.4 Å². The minimum absolute atomic E-state index is 0.154. The van der Waals surface area contributed by atoms with Crippen LogP contribution < -0.4 is 4.74 Å². The molecule has 108 valence electrons. The second kappa shape index (κ2) is 6.62. The van der Waals surface area contributed by atoms with Crippen molar-refractivity contribution in [3.8, 4) is 5.75 Å². The number of halogens is 1. The fraction of sp³-hybridized carbons (Fsp3) is 0.571. The Bertz CT molecular complexity index is 534. The minimum Gasteiger partial charge on any atom is -0.493 e. The van der Waals surface area contributed by atoms with E-state index in [4.69, 9.17) is 15.4 Å². The molecule has 0 fully saturated rings. The maximum absolute atomic E-state index is 11.4. The third kappa shape index (κ3) is 4.39. The summed E-state index contributed by atoms with van der Waals surface area (Å²) < 4.78 is 28.6. The Morgan fingerprint density at radius 2 is 1.74 bits per heavy atom. The first-order valence-corrected chi connectivity index (χ1v) is 8.79. The maximum Gasteiger partial charge on any atom is 0.261 e. The molecule has 0 heterocycles. The van der Waals surface area contributed by atoms with Gasteiger partial charge in [0.25, 0.3) is 9.05 Å². The number of rotatable bonds is 6. The van der Waals surface area contributed by atoms with Gasteiger partial charge < -0.3 is 4.74 Å². The summed E-state index contributed by atoms with van der Waals surface area (Å²) in [5.41, 5.74) is 1.40. The lowest BCUT2D eigenvalue weighted by Crippen LogP contribution is -2.11. The maximum atomic E-state index is 11.4. The molecule has 0 N–H and O–H groups in total. The lowest BCUT2D eigenvalue weighted by atomic mass is 10.1. The Kier molecular flexibility index (Phi) is 5.68. The summed E-state index contributed by atoms with van der Waals surface area (Å²) in [6, 6.07) is 3.31. The first-order valence-electron chi connectivity index (χ1n) is 6.48. The van der Waals surface area contributed by atoms with E-state index in [-0.39, 0.29) is 4.90 Å². The summed E-state index contributed by atoms with van der Waals surface area (Å²) in [4.78, 5) is 0.154. The molecule has 5 heteroatoms. The first-order chi connectivity index (χ1) is 8.79. The van der Waals surface area contributed by atoms with E-state index in [0.717, 1.165) is 24.2 Å². The Morgan fingerprint density at radius 3 is 2.21 bits per heavy atom. The van der Waals surface area contributed by atoms with Crippen LogP contribution in [0.1, 0.15) is 37.8 Å². The number of hydrogen-bond acceptors (Lipinski definition) is 3. The molecule has 0 saturated heterocycles. The van der Waals surface area contributed by atoms with Gasteiger partial charge in [0.15, 0.2) is 0 Å². The summed E-state index contributed by atoms with van der Waals surface area (Å²) >= 11 is 0. The Morgan fingerprint density at radius 1 is 1.16 bits per heavy atom. The van der Waals surface area contributed by atoms with Crippen LogP contribution in [0, 0.1) is 19.8 Å². The molecule has 0 amide bonds. The summed E-state index contributed by atoms with van der Waals surface area (Å²) in [7, 11) is 1.70. The first kappa shape index (κ1) is 16.3. The summed E-state index contributed by atoms with van der Waals surface area (Å²) in [5.74, 6) is 1.25. The SMILES string of the molecule is CCC(CC)COc1cc(C)c(S(=O)(=O)Cl)cc1C. The van der Waals surface area contributed by atoms with Gasteiger partial charge in [0, 0.05) is 10.7 Å². The molecule has 0 atom stereocenters.